The first kappa shape index (κ1) is 14.1. The molecule has 1 aliphatic carbocycles. The van der Waals surface area contributed by atoms with Crippen LogP contribution in [0.3, 0.4) is 0 Å². The summed E-state index contributed by atoms with van der Waals surface area (Å²) in [7, 11) is 0. The number of nitrogens with one attached hydrogen (secondary N) is 1. The van der Waals surface area contributed by atoms with Gasteiger partial charge in [-0.25, -0.2) is 4.63 Å². The van der Waals surface area contributed by atoms with Crippen LogP contribution in [0, 0.1) is 6.92 Å². The Bertz CT molecular complexity index is 647. The van der Waals surface area contributed by atoms with Gasteiger partial charge in [0.25, 0.3) is 0 Å². The number of hydrogen-bond donors (Lipinski definition) is 1. The molecular weight excluding hydrogens is 290 g/mol. The third-order valence-electron chi connectivity index (χ3n) is 4.20. The first-order valence-corrected chi connectivity index (χ1v) is 7.32. The number of aromatic nitrogens is 2. The van der Waals surface area contributed by atoms with Crippen LogP contribution in [-0.2, 0) is 16.8 Å². The molecule has 0 unspecified atom stereocenters. The van der Waals surface area contributed by atoms with Gasteiger partial charge in [-0.15, -0.1) is 0 Å². The van der Waals surface area contributed by atoms with E-state index in [0.717, 1.165) is 24.8 Å². The maximum Gasteiger partial charge on any atom is 0.230 e. The van der Waals surface area contributed by atoms with E-state index in [-0.39, 0.29) is 5.91 Å². The van der Waals surface area contributed by atoms with Crippen LogP contribution in [0.15, 0.2) is 28.9 Å². The highest BCUT2D eigenvalue weighted by Crippen LogP contribution is 2.44. The summed E-state index contributed by atoms with van der Waals surface area (Å²) in [4.78, 5) is 12.6. The minimum atomic E-state index is -0.435. The van der Waals surface area contributed by atoms with Crippen molar-refractivity contribution >= 4 is 17.5 Å². The molecule has 21 heavy (non-hydrogen) atoms. The van der Waals surface area contributed by atoms with E-state index in [9.17, 15) is 4.79 Å². The van der Waals surface area contributed by atoms with E-state index in [1.165, 1.54) is 0 Å². The SMILES string of the molecule is Cc1nonc1CNC(=O)C1(c2ccc(Cl)cc2)CCC1. The number of halogens is 1. The van der Waals surface area contributed by atoms with Crippen molar-refractivity contribution in [2.24, 2.45) is 0 Å². The summed E-state index contributed by atoms with van der Waals surface area (Å²) in [5, 5.41) is 11.1. The monoisotopic (exact) mass is 305 g/mol. The van der Waals surface area contributed by atoms with Gasteiger partial charge in [-0.3, -0.25) is 4.79 Å². The van der Waals surface area contributed by atoms with Crippen molar-refractivity contribution in [2.75, 3.05) is 0 Å². The van der Waals surface area contributed by atoms with Crippen molar-refractivity contribution in [1.82, 2.24) is 15.6 Å². The molecule has 1 aliphatic rings. The van der Waals surface area contributed by atoms with E-state index in [1.807, 2.05) is 24.3 Å². The van der Waals surface area contributed by atoms with Gasteiger partial charge < -0.3 is 5.32 Å². The number of nitrogens with zero attached hydrogens (tertiary/aromatic N) is 2. The molecule has 1 saturated carbocycles. The Morgan fingerprint density at radius 1 is 1.33 bits per heavy atom. The van der Waals surface area contributed by atoms with Gasteiger partial charge >= 0.3 is 0 Å². The molecule has 1 fully saturated rings. The number of rotatable bonds is 4. The molecule has 110 valence electrons. The highest BCUT2D eigenvalue weighted by Gasteiger charge is 2.45. The van der Waals surface area contributed by atoms with Crippen LogP contribution >= 0.6 is 11.6 Å². The van der Waals surface area contributed by atoms with Crippen LogP contribution in [0.5, 0.6) is 0 Å². The lowest BCUT2D eigenvalue weighted by atomic mass is 9.64. The Morgan fingerprint density at radius 2 is 2.05 bits per heavy atom. The molecule has 3 rings (SSSR count). The fourth-order valence-electron chi connectivity index (χ4n) is 2.69. The molecule has 1 amide bonds. The highest BCUT2D eigenvalue weighted by atomic mass is 35.5. The molecule has 6 heteroatoms. The lowest BCUT2D eigenvalue weighted by molar-refractivity contribution is -0.130. The Balaban J connectivity index is 1.75. The summed E-state index contributed by atoms with van der Waals surface area (Å²) in [6, 6.07) is 7.53. The number of carbonyl (C=O) groups is 1. The molecule has 5 nitrogen and oxygen atoms in total. The van der Waals surface area contributed by atoms with E-state index < -0.39 is 5.41 Å². The van der Waals surface area contributed by atoms with E-state index in [1.54, 1.807) is 6.92 Å². The largest absolute Gasteiger partial charge is 0.349 e. The molecule has 1 aromatic heterocycles. The molecular formula is C15H16ClN3O2. The Labute approximate surface area is 127 Å². The molecule has 1 aromatic carbocycles. The van der Waals surface area contributed by atoms with Crippen LogP contribution in [-0.4, -0.2) is 16.2 Å². The van der Waals surface area contributed by atoms with Crippen LogP contribution in [0.1, 0.15) is 36.2 Å². The maximum atomic E-state index is 12.6. The van der Waals surface area contributed by atoms with Gasteiger partial charge in [0.1, 0.15) is 11.4 Å². The zero-order chi connectivity index (χ0) is 14.9. The molecule has 2 aromatic rings. The normalized spacial score (nSPS) is 16.3. The smallest absolute Gasteiger partial charge is 0.230 e. The van der Waals surface area contributed by atoms with Gasteiger partial charge in [-0.2, -0.15) is 0 Å². The van der Waals surface area contributed by atoms with Crippen LogP contribution in [0.2, 0.25) is 5.02 Å². The summed E-state index contributed by atoms with van der Waals surface area (Å²) in [5.41, 5.74) is 1.94. The molecule has 1 heterocycles. The zero-order valence-electron chi connectivity index (χ0n) is 11.7. The van der Waals surface area contributed by atoms with Crippen molar-refractivity contribution in [2.45, 2.75) is 38.1 Å². The first-order chi connectivity index (χ1) is 10.1. The van der Waals surface area contributed by atoms with Crippen molar-refractivity contribution in [3.8, 4) is 0 Å². The van der Waals surface area contributed by atoms with Gasteiger partial charge in [0.15, 0.2) is 0 Å². The standard InChI is InChI=1S/C15H16ClN3O2/c1-10-13(19-21-18-10)9-17-14(20)15(7-2-8-15)11-3-5-12(16)6-4-11/h3-6H,2,7-9H2,1H3,(H,17,20). The maximum absolute atomic E-state index is 12.6. The Hall–Kier alpha value is -1.88. The number of hydrogen-bond acceptors (Lipinski definition) is 4. The van der Waals surface area contributed by atoms with Crippen LogP contribution in [0.4, 0.5) is 0 Å². The zero-order valence-corrected chi connectivity index (χ0v) is 12.5. The van der Waals surface area contributed by atoms with Crippen molar-refractivity contribution < 1.29 is 9.42 Å². The second-order valence-corrected chi connectivity index (χ2v) is 5.86. The summed E-state index contributed by atoms with van der Waals surface area (Å²) in [6.07, 6.45) is 2.77. The van der Waals surface area contributed by atoms with Crippen molar-refractivity contribution in [3.05, 3.63) is 46.2 Å². The predicted octanol–water partition coefficient (Wildman–Crippen LogP) is 2.77. The van der Waals surface area contributed by atoms with E-state index in [0.29, 0.717) is 23.0 Å². The minimum Gasteiger partial charge on any atom is -0.349 e. The fraction of sp³-hybridized carbons (Fsp3) is 0.400. The van der Waals surface area contributed by atoms with Crippen molar-refractivity contribution in [3.63, 3.8) is 0 Å². The Kier molecular flexibility index (Phi) is 3.68. The molecule has 0 saturated heterocycles. The minimum absolute atomic E-state index is 0.0264. The van der Waals surface area contributed by atoms with Crippen LogP contribution < -0.4 is 5.32 Å². The Morgan fingerprint density at radius 3 is 2.57 bits per heavy atom. The average Bonchev–Trinajstić information content (AvgIpc) is 2.83. The lowest BCUT2D eigenvalue weighted by Crippen LogP contribution is -2.49. The number of amides is 1. The second-order valence-electron chi connectivity index (χ2n) is 5.42. The van der Waals surface area contributed by atoms with Gasteiger partial charge in [0.05, 0.1) is 12.0 Å². The van der Waals surface area contributed by atoms with E-state index in [4.69, 9.17) is 11.6 Å². The number of carbonyl (C=O) groups excluding carboxylic acids is 1. The van der Waals surface area contributed by atoms with E-state index in [2.05, 4.69) is 20.3 Å². The topological polar surface area (TPSA) is 68.0 Å². The quantitative estimate of drug-likeness (QED) is 0.943. The molecule has 0 bridgehead atoms. The second kappa shape index (κ2) is 5.48. The van der Waals surface area contributed by atoms with Gasteiger partial charge in [0.2, 0.25) is 5.91 Å². The lowest BCUT2D eigenvalue weighted by Gasteiger charge is -2.40. The summed E-state index contributed by atoms with van der Waals surface area (Å²) in [6.45, 7) is 2.14. The molecule has 0 radical (unpaired) electrons. The van der Waals surface area contributed by atoms with Crippen molar-refractivity contribution in [1.29, 1.82) is 0 Å². The summed E-state index contributed by atoms with van der Waals surface area (Å²) in [5.74, 6) is 0.0264. The summed E-state index contributed by atoms with van der Waals surface area (Å²) >= 11 is 5.92. The molecule has 0 spiro atoms. The predicted molar refractivity (Wildman–Crippen MR) is 77.9 cm³/mol. The van der Waals surface area contributed by atoms with Gasteiger partial charge in [-0.1, -0.05) is 40.5 Å². The third-order valence-corrected chi connectivity index (χ3v) is 4.45. The van der Waals surface area contributed by atoms with Crippen LogP contribution in [0.25, 0.3) is 0 Å². The summed E-state index contributed by atoms with van der Waals surface area (Å²) < 4.78 is 4.64. The number of benzene rings is 1. The average molecular weight is 306 g/mol. The molecule has 0 atom stereocenters. The number of aryl methyl sites for hydroxylation is 1. The van der Waals surface area contributed by atoms with E-state index >= 15 is 0 Å². The molecule has 0 aliphatic heterocycles. The molecule has 1 N–H and O–H groups in total. The van der Waals surface area contributed by atoms with Gasteiger partial charge in [-0.05, 0) is 37.5 Å². The third kappa shape index (κ3) is 2.53. The fourth-order valence-corrected chi connectivity index (χ4v) is 2.82. The first-order valence-electron chi connectivity index (χ1n) is 6.94. The van der Waals surface area contributed by atoms with Gasteiger partial charge in [0, 0.05) is 5.02 Å². The highest BCUT2D eigenvalue weighted by molar-refractivity contribution is 6.30.